The number of amides is 1. The van der Waals surface area contributed by atoms with Gasteiger partial charge in [0.25, 0.3) is 0 Å². The smallest absolute Gasteiger partial charge is 0.404 e. The molecule has 7 heteroatoms. The van der Waals surface area contributed by atoms with Gasteiger partial charge in [0.15, 0.2) is 12.4 Å². The molecule has 1 heterocycles. The Morgan fingerprint density at radius 3 is 1.97 bits per heavy atom. The van der Waals surface area contributed by atoms with E-state index in [1.54, 1.807) is 13.2 Å². The van der Waals surface area contributed by atoms with E-state index in [9.17, 15) is 4.79 Å². The van der Waals surface area contributed by atoms with Gasteiger partial charge in [0.05, 0.1) is 13.2 Å². The number of hydrogen-bond acceptors (Lipinski definition) is 6. The lowest BCUT2D eigenvalue weighted by Crippen LogP contribution is -2.60. The minimum absolute atomic E-state index is 0.300. The van der Waals surface area contributed by atoms with Gasteiger partial charge in [-0.2, -0.15) is 0 Å². The molecule has 0 bridgehead atoms. The van der Waals surface area contributed by atoms with Crippen molar-refractivity contribution in [3.8, 4) is 0 Å². The van der Waals surface area contributed by atoms with Gasteiger partial charge in [-0.3, -0.25) is 0 Å². The molecule has 2 aromatic rings. The van der Waals surface area contributed by atoms with Crippen LogP contribution < -0.4 is 5.73 Å². The lowest BCUT2D eigenvalue weighted by molar-refractivity contribution is -0.300. The molecule has 0 aromatic heterocycles. The van der Waals surface area contributed by atoms with Crippen molar-refractivity contribution in [1.82, 2.24) is 0 Å². The molecule has 1 amide bonds. The van der Waals surface area contributed by atoms with Crippen LogP contribution in [0.2, 0.25) is 0 Å². The zero-order valence-corrected chi connectivity index (χ0v) is 17.8. The van der Waals surface area contributed by atoms with Crippen LogP contribution in [0.5, 0.6) is 0 Å². The number of allylic oxidation sites excluding steroid dienone is 1. The van der Waals surface area contributed by atoms with Crippen molar-refractivity contribution in [3.05, 3.63) is 83.9 Å². The molecule has 166 valence electrons. The maximum absolute atomic E-state index is 11.7. The Balaban J connectivity index is 1.86. The average molecular weight is 427 g/mol. The zero-order chi connectivity index (χ0) is 22.1. The van der Waals surface area contributed by atoms with Crippen molar-refractivity contribution in [1.29, 1.82) is 0 Å². The van der Waals surface area contributed by atoms with Gasteiger partial charge in [0.1, 0.15) is 18.3 Å². The van der Waals surface area contributed by atoms with E-state index in [0.717, 1.165) is 11.1 Å². The second kappa shape index (κ2) is 11.6. The molecule has 1 aliphatic heterocycles. The van der Waals surface area contributed by atoms with Crippen LogP contribution in [0.25, 0.3) is 0 Å². The minimum Gasteiger partial charge on any atom is -0.440 e. The van der Waals surface area contributed by atoms with Crippen molar-refractivity contribution in [2.24, 2.45) is 5.73 Å². The molecule has 1 fully saturated rings. The van der Waals surface area contributed by atoms with Gasteiger partial charge in [0.2, 0.25) is 0 Å². The fourth-order valence-electron chi connectivity index (χ4n) is 3.54. The van der Waals surface area contributed by atoms with Crippen LogP contribution in [0, 0.1) is 0 Å². The van der Waals surface area contributed by atoms with Gasteiger partial charge in [-0.05, 0) is 18.1 Å². The summed E-state index contributed by atoms with van der Waals surface area (Å²) in [6.45, 7) is 2.47. The number of benzene rings is 2. The number of rotatable bonds is 9. The molecule has 0 radical (unpaired) electrons. The van der Waals surface area contributed by atoms with Crippen molar-refractivity contribution in [2.45, 2.75) is 50.8 Å². The van der Waals surface area contributed by atoms with Crippen LogP contribution in [0.1, 0.15) is 18.1 Å². The van der Waals surface area contributed by atoms with E-state index in [4.69, 9.17) is 29.4 Å². The van der Waals surface area contributed by atoms with E-state index in [-0.39, 0.29) is 0 Å². The van der Waals surface area contributed by atoms with Crippen molar-refractivity contribution in [3.63, 3.8) is 0 Å². The summed E-state index contributed by atoms with van der Waals surface area (Å²) in [6, 6.07) is 19.5. The molecular formula is C24H29NO6. The quantitative estimate of drug-likeness (QED) is 0.616. The van der Waals surface area contributed by atoms with Gasteiger partial charge in [-0.1, -0.05) is 72.8 Å². The summed E-state index contributed by atoms with van der Waals surface area (Å²) in [7, 11) is 1.54. The molecule has 0 aliphatic carbocycles. The number of carbonyl (C=O) groups is 1. The molecule has 7 nitrogen and oxygen atoms in total. The second-order valence-electron chi connectivity index (χ2n) is 7.15. The van der Waals surface area contributed by atoms with E-state index in [1.165, 1.54) is 0 Å². The van der Waals surface area contributed by atoms with Crippen LogP contribution in [-0.2, 0) is 36.9 Å². The summed E-state index contributed by atoms with van der Waals surface area (Å²) in [4.78, 5) is 11.7. The minimum atomic E-state index is -0.908. The number of ether oxygens (including phenoxy) is 5. The standard InChI is InChI=1S/C24H29NO6/c1-3-10-19-20(31-24(25)26)21(28-15-17-11-6-4-7-12-17)22(23(27-2)30-19)29-16-18-13-8-5-9-14-18/h3-14,19-23H,15-16H2,1-2H3,(H2,25,26)/b10-3+/t19-,20+,21+,22-,23+/m1/s1. The molecule has 1 aliphatic rings. The van der Waals surface area contributed by atoms with Gasteiger partial charge in [-0.15, -0.1) is 0 Å². The van der Waals surface area contributed by atoms with Gasteiger partial charge in [0, 0.05) is 7.11 Å². The number of methoxy groups -OCH3 is 1. The first-order chi connectivity index (χ1) is 15.1. The summed E-state index contributed by atoms with van der Waals surface area (Å²) in [5.41, 5.74) is 7.33. The van der Waals surface area contributed by atoms with Crippen molar-refractivity contribution in [2.75, 3.05) is 7.11 Å². The molecule has 5 atom stereocenters. The molecule has 0 unspecified atom stereocenters. The largest absolute Gasteiger partial charge is 0.440 e. The summed E-state index contributed by atoms with van der Waals surface area (Å²) < 4.78 is 29.5. The summed E-state index contributed by atoms with van der Waals surface area (Å²) in [5, 5.41) is 0. The first kappa shape index (κ1) is 23.0. The van der Waals surface area contributed by atoms with Crippen LogP contribution in [0.3, 0.4) is 0 Å². The Labute approximate surface area is 182 Å². The number of carbonyl (C=O) groups excluding carboxylic acids is 1. The Bertz CT molecular complexity index is 828. The maximum Gasteiger partial charge on any atom is 0.404 e. The number of hydrogen-bond donors (Lipinski definition) is 1. The van der Waals surface area contributed by atoms with Gasteiger partial charge < -0.3 is 29.4 Å². The van der Waals surface area contributed by atoms with Crippen LogP contribution in [0.4, 0.5) is 4.79 Å². The fourth-order valence-corrected chi connectivity index (χ4v) is 3.54. The summed E-state index contributed by atoms with van der Waals surface area (Å²) >= 11 is 0. The van der Waals surface area contributed by atoms with E-state index < -0.39 is 36.8 Å². The first-order valence-corrected chi connectivity index (χ1v) is 10.2. The Morgan fingerprint density at radius 2 is 1.48 bits per heavy atom. The SMILES string of the molecule is C/C=C/[C@H]1O[C@H](OC)[C@H](OCc2ccccc2)[C@@H](OCc2ccccc2)[C@H]1OC(N)=O. The molecule has 1 saturated heterocycles. The van der Waals surface area contributed by atoms with Crippen LogP contribution >= 0.6 is 0 Å². The van der Waals surface area contributed by atoms with Gasteiger partial charge in [-0.25, -0.2) is 4.79 Å². The molecule has 2 aromatic carbocycles. The predicted molar refractivity (Wildman–Crippen MR) is 115 cm³/mol. The van der Waals surface area contributed by atoms with Crippen molar-refractivity contribution >= 4 is 6.09 Å². The Kier molecular flexibility index (Phi) is 8.61. The van der Waals surface area contributed by atoms with E-state index in [2.05, 4.69) is 0 Å². The zero-order valence-electron chi connectivity index (χ0n) is 17.8. The first-order valence-electron chi connectivity index (χ1n) is 10.2. The predicted octanol–water partition coefficient (Wildman–Crippen LogP) is 3.57. The monoisotopic (exact) mass is 427 g/mol. The Morgan fingerprint density at radius 1 is 0.935 bits per heavy atom. The highest BCUT2D eigenvalue weighted by molar-refractivity contribution is 5.65. The number of primary amides is 1. The third kappa shape index (κ3) is 6.38. The summed E-state index contributed by atoms with van der Waals surface area (Å²) in [6.07, 6.45) is -0.756. The normalized spacial score (nSPS) is 26.1. The highest BCUT2D eigenvalue weighted by Crippen LogP contribution is 2.30. The lowest BCUT2D eigenvalue weighted by Gasteiger charge is -2.44. The molecule has 2 N–H and O–H groups in total. The molecule has 0 spiro atoms. The number of nitrogens with two attached hydrogens (primary N) is 1. The maximum atomic E-state index is 11.7. The van der Waals surface area contributed by atoms with Gasteiger partial charge >= 0.3 is 6.09 Å². The lowest BCUT2D eigenvalue weighted by atomic mass is 9.97. The van der Waals surface area contributed by atoms with Crippen molar-refractivity contribution < 1.29 is 28.5 Å². The summed E-state index contributed by atoms with van der Waals surface area (Å²) in [5.74, 6) is 0. The van der Waals surface area contributed by atoms with Crippen LogP contribution in [-0.4, -0.2) is 43.9 Å². The second-order valence-corrected chi connectivity index (χ2v) is 7.15. The average Bonchev–Trinajstić information content (AvgIpc) is 2.79. The fraction of sp³-hybridized carbons (Fsp3) is 0.375. The highest BCUT2D eigenvalue weighted by atomic mass is 16.7. The molecular weight excluding hydrogens is 398 g/mol. The third-order valence-corrected chi connectivity index (χ3v) is 4.97. The highest BCUT2D eigenvalue weighted by Gasteiger charge is 2.49. The topological polar surface area (TPSA) is 89.2 Å². The van der Waals surface area contributed by atoms with E-state index in [0.29, 0.717) is 13.2 Å². The third-order valence-electron chi connectivity index (χ3n) is 4.97. The Hall–Kier alpha value is -2.71. The molecule has 0 saturated carbocycles. The van der Waals surface area contributed by atoms with E-state index >= 15 is 0 Å². The van der Waals surface area contributed by atoms with Crippen LogP contribution in [0.15, 0.2) is 72.8 Å². The van der Waals surface area contributed by atoms with E-state index in [1.807, 2.05) is 73.7 Å². The molecule has 3 rings (SSSR count). The molecule has 31 heavy (non-hydrogen) atoms.